The SMILES string of the molecule is Cc1ccc(CN(C)C(c2cccc(Cl)c2)C(C)N)cc1. The molecule has 2 aromatic carbocycles. The van der Waals surface area contributed by atoms with E-state index in [1.54, 1.807) is 0 Å². The highest BCUT2D eigenvalue weighted by molar-refractivity contribution is 6.30. The molecule has 3 heteroatoms. The summed E-state index contributed by atoms with van der Waals surface area (Å²) in [6, 6.07) is 16.8. The van der Waals surface area contributed by atoms with E-state index in [-0.39, 0.29) is 12.1 Å². The van der Waals surface area contributed by atoms with Crippen molar-refractivity contribution in [2.24, 2.45) is 5.73 Å². The number of nitrogens with two attached hydrogens (primary N) is 1. The quantitative estimate of drug-likeness (QED) is 0.898. The van der Waals surface area contributed by atoms with Crippen molar-refractivity contribution in [3.8, 4) is 0 Å². The number of benzene rings is 2. The van der Waals surface area contributed by atoms with Crippen LogP contribution in [0.4, 0.5) is 0 Å². The van der Waals surface area contributed by atoms with Crippen molar-refractivity contribution in [2.45, 2.75) is 32.5 Å². The zero-order chi connectivity index (χ0) is 15.4. The maximum atomic E-state index is 6.21. The van der Waals surface area contributed by atoms with Crippen molar-refractivity contribution in [1.29, 1.82) is 0 Å². The Labute approximate surface area is 132 Å². The van der Waals surface area contributed by atoms with E-state index in [4.69, 9.17) is 17.3 Å². The third-order valence-electron chi connectivity index (χ3n) is 3.72. The van der Waals surface area contributed by atoms with Crippen LogP contribution < -0.4 is 5.73 Å². The van der Waals surface area contributed by atoms with Gasteiger partial charge in [-0.1, -0.05) is 53.6 Å². The van der Waals surface area contributed by atoms with Gasteiger partial charge in [0.05, 0.1) is 0 Å². The maximum Gasteiger partial charge on any atom is 0.0497 e. The van der Waals surface area contributed by atoms with Gasteiger partial charge in [-0.15, -0.1) is 0 Å². The lowest BCUT2D eigenvalue weighted by atomic mass is 9.99. The second kappa shape index (κ2) is 7.08. The van der Waals surface area contributed by atoms with Gasteiger partial charge in [0.15, 0.2) is 0 Å². The average Bonchev–Trinajstić information content (AvgIpc) is 2.41. The molecule has 0 spiro atoms. The largest absolute Gasteiger partial charge is 0.326 e. The fourth-order valence-corrected chi connectivity index (χ4v) is 2.93. The Morgan fingerprint density at radius 1 is 1.14 bits per heavy atom. The van der Waals surface area contributed by atoms with Gasteiger partial charge < -0.3 is 5.73 Å². The highest BCUT2D eigenvalue weighted by Gasteiger charge is 2.21. The maximum absolute atomic E-state index is 6.21. The number of hydrogen-bond donors (Lipinski definition) is 1. The van der Waals surface area contributed by atoms with Crippen LogP contribution >= 0.6 is 11.6 Å². The summed E-state index contributed by atoms with van der Waals surface area (Å²) in [6.07, 6.45) is 0. The summed E-state index contributed by atoms with van der Waals surface area (Å²) in [4.78, 5) is 2.28. The Morgan fingerprint density at radius 2 is 1.81 bits per heavy atom. The van der Waals surface area contributed by atoms with Crippen molar-refractivity contribution >= 4 is 11.6 Å². The van der Waals surface area contributed by atoms with E-state index in [0.717, 1.165) is 17.1 Å². The first-order valence-electron chi connectivity index (χ1n) is 7.24. The molecule has 0 aromatic heterocycles. The molecule has 21 heavy (non-hydrogen) atoms. The topological polar surface area (TPSA) is 29.3 Å². The van der Waals surface area contributed by atoms with E-state index in [9.17, 15) is 0 Å². The third-order valence-corrected chi connectivity index (χ3v) is 3.95. The Morgan fingerprint density at radius 3 is 2.38 bits per heavy atom. The summed E-state index contributed by atoms with van der Waals surface area (Å²) in [5.74, 6) is 0. The third kappa shape index (κ3) is 4.31. The van der Waals surface area contributed by atoms with Crippen LogP contribution in [0.15, 0.2) is 48.5 Å². The van der Waals surface area contributed by atoms with E-state index in [0.29, 0.717) is 0 Å². The molecule has 0 saturated carbocycles. The van der Waals surface area contributed by atoms with E-state index in [1.165, 1.54) is 11.1 Å². The van der Waals surface area contributed by atoms with Crippen molar-refractivity contribution in [3.63, 3.8) is 0 Å². The van der Waals surface area contributed by atoms with Crippen LogP contribution in [0.1, 0.15) is 29.7 Å². The molecule has 2 N–H and O–H groups in total. The second-order valence-electron chi connectivity index (χ2n) is 5.76. The molecule has 0 aliphatic heterocycles. The molecule has 0 aliphatic rings. The molecule has 2 unspecified atom stereocenters. The minimum absolute atomic E-state index is 0.0268. The lowest BCUT2D eigenvalue weighted by molar-refractivity contribution is 0.211. The van der Waals surface area contributed by atoms with Crippen LogP contribution in [0.2, 0.25) is 5.02 Å². The second-order valence-corrected chi connectivity index (χ2v) is 6.20. The predicted octanol–water partition coefficient (Wildman–Crippen LogP) is 4.17. The van der Waals surface area contributed by atoms with E-state index < -0.39 is 0 Å². The number of nitrogens with zero attached hydrogens (tertiary/aromatic N) is 1. The molecule has 112 valence electrons. The average molecular weight is 303 g/mol. The van der Waals surface area contributed by atoms with Crippen LogP contribution in [0.5, 0.6) is 0 Å². The fourth-order valence-electron chi connectivity index (χ4n) is 2.73. The summed E-state index contributed by atoms with van der Waals surface area (Å²) >= 11 is 6.12. The van der Waals surface area contributed by atoms with E-state index >= 15 is 0 Å². The number of aryl methyl sites for hydroxylation is 1. The molecule has 2 aromatic rings. The first-order valence-corrected chi connectivity index (χ1v) is 7.62. The molecule has 0 fully saturated rings. The Bertz CT molecular complexity index is 578. The van der Waals surface area contributed by atoms with Crippen molar-refractivity contribution in [2.75, 3.05) is 7.05 Å². The van der Waals surface area contributed by atoms with Gasteiger partial charge in [0, 0.05) is 23.7 Å². The molecule has 0 radical (unpaired) electrons. The van der Waals surface area contributed by atoms with Gasteiger partial charge in [-0.3, -0.25) is 4.90 Å². The molecule has 0 bridgehead atoms. The highest BCUT2D eigenvalue weighted by Crippen LogP contribution is 2.26. The Balaban J connectivity index is 2.19. The summed E-state index contributed by atoms with van der Waals surface area (Å²) in [5, 5.41) is 0.752. The van der Waals surface area contributed by atoms with Crippen molar-refractivity contribution < 1.29 is 0 Å². The predicted molar refractivity (Wildman–Crippen MR) is 90.5 cm³/mol. The molecular weight excluding hydrogens is 280 g/mol. The number of halogens is 1. The molecular formula is C18H23ClN2. The van der Waals surface area contributed by atoms with E-state index in [2.05, 4.69) is 49.2 Å². The minimum atomic E-state index is 0.0268. The standard InChI is InChI=1S/C18H23ClN2/c1-13-7-9-15(10-8-13)12-21(3)18(14(2)20)16-5-4-6-17(19)11-16/h4-11,14,18H,12,20H2,1-3H3. The first-order chi connectivity index (χ1) is 9.97. The molecule has 0 amide bonds. The van der Waals surface area contributed by atoms with Gasteiger partial charge in [0.1, 0.15) is 0 Å². The lowest BCUT2D eigenvalue weighted by Gasteiger charge is -2.31. The zero-order valence-corrected chi connectivity index (χ0v) is 13.6. The van der Waals surface area contributed by atoms with Gasteiger partial charge in [-0.05, 0) is 44.2 Å². The molecule has 0 saturated heterocycles. The van der Waals surface area contributed by atoms with Crippen LogP contribution in [0.25, 0.3) is 0 Å². The monoisotopic (exact) mass is 302 g/mol. The normalized spacial score (nSPS) is 14.2. The van der Waals surface area contributed by atoms with Crippen LogP contribution in [-0.4, -0.2) is 18.0 Å². The van der Waals surface area contributed by atoms with Crippen molar-refractivity contribution in [3.05, 3.63) is 70.2 Å². The van der Waals surface area contributed by atoms with Gasteiger partial charge in [-0.2, -0.15) is 0 Å². The fraction of sp³-hybridized carbons (Fsp3) is 0.333. The summed E-state index contributed by atoms with van der Waals surface area (Å²) < 4.78 is 0. The first kappa shape index (κ1) is 16.0. The number of hydrogen-bond acceptors (Lipinski definition) is 2. The summed E-state index contributed by atoms with van der Waals surface area (Å²) in [7, 11) is 2.11. The van der Waals surface area contributed by atoms with Gasteiger partial charge in [0.25, 0.3) is 0 Å². The van der Waals surface area contributed by atoms with Crippen LogP contribution in [0, 0.1) is 6.92 Å². The van der Waals surface area contributed by atoms with Gasteiger partial charge in [-0.25, -0.2) is 0 Å². The Hall–Kier alpha value is -1.35. The van der Waals surface area contributed by atoms with Crippen LogP contribution in [0.3, 0.4) is 0 Å². The van der Waals surface area contributed by atoms with E-state index in [1.807, 2.05) is 25.1 Å². The number of rotatable bonds is 5. The minimum Gasteiger partial charge on any atom is -0.326 e. The highest BCUT2D eigenvalue weighted by atomic mass is 35.5. The Kier molecular flexibility index (Phi) is 5.40. The molecule has 2 atom stereocenters. The molecule has 2 nitrogen and oxygen atoms in total. The van der Waals surface area contributed by atoms with Crippen LogP contribution in [-0.2, 0) is 6.54 Å². The van der Waals surface area contributed by atoms with Crippen molar-refractivity contribution in [1.82, 2.24) is 4.90 Å². The summed E-state index contributed by atoms with van der Waals surface area (Å²) in [5.41, 5.74) is 9.94. The zero-order valence-electron chi connectivity index (χ0n) is 12.9. The molecule has 2 rings (SSSR count). The molecule has 0 heterocycles. The van der Waals surface area contributed by atoms with Gasteiger partial charge in [0.2, 0.25) is 0 Å². The number of likely N-dealkylation sites (N-methyl/N-ethyl adjacent to an activating group) is 1. The smallest absolute Gasteiger partial charge is 0.0497 e. The summed E-state index contributed by atoms with van der Waals surface area (Å²) in [6.45, 7) is 5.00. The lowest BCUT2D eigenvalue weighted by Crippen LogP contribution is -2.36. The molecule has 0 aliphatic carbocycles. The van der Waals surface area contributed by atoms with Gasteiger partial charge >= 0.3 is 0 Å².